The van der Waals surface area contributed by atoms with Crippen molar-refractivity contribution in [3.63, 3.8) is 0 Å². The molecule has 1 atom stereocenters. The Morgan fingerprint density at radius 2 is 1.90 bits per heavy atom. The first-order valence-electron chi connectivity index (χ1n) is 6.65. The molecule has 0 fully saturated rings. The van der Waals surface area contributed by atoms with Gasteiger partial charge in [-0.15, -0.1) is 0 Å². The van der Waals surface area contributed by atoms with Crippen molar-refractivity contribution in [1.82, 2.24) is 10.8 Å². The second kappa shape index (κ2) is 7.65. The van der Waals surface area contributed by atoms with Gasteiger partial charge < -0.3 is 5.32 Å². The Hall–Kier alpha value is -1.88. The molecule has 0 spiro atoms. The standard InChI is InChI=1S/C15H22N2O3/c1-10(2)9-13(15(19)17-20-4)16-14(18)12-8-6-5-7-11(12)3/h5-8,10,13H,9H2,1-4H3,(H,16,18)(H,17,19). The molecule has 0 aliphatic rings. The van der Waals surface area contributed by atoms with E-state index in [0.717, 1.165) is 5.56 Å². The van der Waals surface area contributed by atoms with Gasteiger partial charge in [0.1, 0.15) is 6.04 Å². The van der Waals surface area contributed by atoms with Gasteiger partial charge in [0.2, 0.25) is 0 Å². The minimum Gasteiger partial charge on any atom is -0.340 e. The van der Waals surface area contributed by atoms with Gasteiger partial charge in [-0.3, -0.25) is 14.4 Å². The highest BCUT2D eigenvalue weighted by molar-refractivity contribution is 5.98. The van der Waals surface area contributed by atoms with Gasteiger partial charge in [-0.1, -0.05) is 32.0 Å². The fraction of sp³-hybridized carbons (Fsp3) is 0.467. The van der Waals surface area contributed by atoms with E-state index in [1.54, 1.807) is 12.1 Å². The second-order valence-electron chi connectivity index (χ2n) is 5.14. The zero-order valence-electron chi connectivity index (χ0n) is 12.4. The van der Waals surface area contributed by atoms with Crippen LogP contribution in [-0.4, -0.2) is 25.0 Å². The van der Waals surface area contributed by atoms with Crippen molar-refractivity contribution in [1.29, 1.82) is 0 Å². The van der Waals surface area contributed by atoms with Crippen LogP contribution >= 0.6 is 0 Å². The molecule has 5 nitrogen and oxygen atoms in total. The minimum atomic E-state index is -0.609. The van der Waals surface area contributed by atoms with Gasteiger partial charge in [0, 0.05) is 5.56 Å². The first kappa shape index (κ1) is 16.2. The molecule has 0 bridgehead atoms. The first-order chi connectivity index (χ1) is 9.45. The Morgan fingerprint density at radius 1 is 1.25 bits per heavy atom. The summed E-state index contributed by atoms with van der Waals surface area (Å²) in [5, 5.41) is 2.76. The molecule has 110 valence electrons. The Bertz CT molecular complexity index is 472. The molecule has 1 unspecified atom stereocenters. The highest BCUT2D eigenvalue weighted by Gasteiger charge is 2.23. The molecule has 2 amide bonds. The van der Waals surface area contributed by atoms with Crippen molar-refractivity contribution in [3.8, 4) is 0 Å². The molecule has 0 saturated heterocycles. The molecule has 5 heteroatoms. The van der Waals surface area contributed by atoms with Crippen LogP contribution in [0.5, 0.6) is 0 Å². The normalized spacial score (nSPS) is 12.1. The fourth-order valence-corrected chi connectivity index (χ4v) is 1.94. The molecular weight excluding hydrogens is 256 g/mol. The third-order valence-corrected chi connectivity index (χ3v) is 2.92. The number of carbonyl (C=O) groups excluding carboxylic acids is 2. The van der Waals surface area contributed by atoms with Gasteiger partial charge in [-0.2, -0.15) is 0 Å². The van der Waals surface area contributed by atoms with E-state index < -0.39 is 6.04 Å². The first-order valence-corrected chi connectivity index (χ1v) is 6.65. The van der Waals surface area contributed by atoms with Crippen LogP contribution in [0.1, 0.15) is 36.2 Å². The third-order valence-electron chi connectivity index (χ3n) is 2.92. The lowest BCUT2D eigenvalue weighted by atomic mass is 10.0. The number of carbonyl (C=O) groups is 2. The number of hydroxylamine groups is 1. The Balaban J connectivity index is 2.81. The van der Waals surface area contributed by atoms with Gasteiger partial charge in [0.05, 0.1) is 7.11 Å². The smallest absolute Gasteiger partial charge is 0.266 e. The predicted molar refractivity (Wildman–Crippen MR) is 77.0 cm³/mol. The molecule has 0 aliphatic carbocycles. The predicted octanol–water partition coefficient (Wildman–Crippen LogP) is 1.82. The minimum absolute atomic E-state index is 0.250. The van der Waals surface area contributed by atoms with Crippen molar-refractivity contribution in [3.05, 3.63) is 35.4 Å². The summed E-state index contributed by atoms with van der Waals surface area (Å²) in [6.45, 7) is 5.85. The number of hydrogen-bond donors (Lipinski definition) is 2. The third kappa shape index (κ3) is 4.66. The number of hydrogen-bond acceptors (Lipinski definition) is 3. The average Bonchev–Trinajstić information content (AvgIpc) is 2.38. The molecule has 1 aromatic carbocycles. The number of benzene rings is 1. The fourth-order valence-electron chi connectivity index (χ4n) is 1.94. The van der Waals surface area contributed by atoms with E-state index in [2.05, 4.69) is 15.6 Å². The van der Waals surface area contributed by atoms with Crippen LogP contribution in [0.4, 0.5) is 0 Å². The van der Waals surface area contributed by atoms with Crippen molar-refractivity contribution in [2.24, 2.45) is 5.92 Å². The van der Waals surface area contributed by atoms with Crippen molar-refractivity contribution >= 4 is 11.8 Å². The molecule has 0 heterocycles. The van der Waals surface area contributed by atoms with E-state index in [9.17, 15) is 9.59 Å². The van der Waals surface area contributed by atoms with Gasteiger partial charge in [-0.25, -0.2) is 5.48 Å². The van der Waals surface area contributed by atoms with Crippen LogP contribution in [-0.2, 0) is 9.63 Å². The monoisotopic (exact) mass is 278 g/mol. The van der Waals surface area contributed by atoms with E-state index in [1.165, 1.54) is 7.11 Å². The number of aryl methyl sites for hydroxylation is 1. The maximum Gasteiger partial charge on any atom is 0.266 e. The van der Waals surface area contributed by atoms with Crippen LogP contribution in [0, 0.1) is 12.8 Å². The molecule has 1 rings (SSSR count). The van der Waals surface area contributed by atoms with Crippen molar-refractivity contribution in [2.75, 3.05) is 7.11 Å². The zero-order valence-corrected chi connectivity index (χ0v) is 12.4. The Kier molecular flexibility index (Phi) is 6.18. The highest BCUT2D eigenvalue weighted by Crippen LogP contribution is 2.10. The lowest BCUT2D eigenvalue weighted by molar-refractivity contribution is -0.133. The van der Waals surface area contributed by atoms with E-state index >= 15 is 0 Å². The van der Waals surface area contributed by atoms with Crippen LogP contribution in [0.15, 0.2) is 24.3 Å². The average molecular weight is 278 g/mol. The van der Waals surface area contributed by atoms with Crippen molar-refractivity contribution < 1.29 is 14.4 Å². The number of amides is 2. The maximum atomic E-state index is 12.2. The topological polar surface area (TPSA) is 67.4 Å². The summed E-state index contributed by atoms with van der Waals surface area (Å²) in [5.74, 6) is -0.317. The number of rotatable bonds is 6. The summed E-state index contributed by atoms with van der Waals surface area (Å²) >= 11 is 0. The summed E-state index contributed by atoms with van der Waals surface area (Å²) in [6.07, 6.45) is 0.548. The molecule has 2 N–H and O–H groups in total. The van der Waals surface area contributed by atoms with E-state index in [0.29, 0.717) is 12.0 Å². The van der Waals surface area contributed by atoms with Gasteiger partial charge in [0.25, 0.3) is 11.8 Å². The van der Waals surface area contributed by atoms with Gasteiger partial charge in [-0.05, 0) is 30.9 Å². The SMILES string of the molecule is CONC(=O)C(CC(C)C)NC(=O)c1ccccc1C. The second-order valence-corrected chi connectivity index (χ2v) is 5.14. The van der Waals surface area contributed by atoms with E-state index in [-0.39, 0.29) is 17.7 Å². The molecule has 0 aliphatic heterocycles. The largest absolute Gasteiger partial charge is 0.340 e. The molecule has 20 heavy (non-hydrogen) atoms. The van der Waals surface area contributed by atoms with Gasteiger partial charge >= 0.3 is 0 Å². The quantitative estimate of drug-likeness (QED) is 0.780. The van der Waals surface area contributed by atoms with Gasteiger partial charge in [0.15, 0.2) is 0 Å². The van der Waals surface area contributed by atoms with Crippen LogP contribution < -0.4 is 10.8 Å². The van der Waals surface area contributed by atoms with Crippen LogP contribution in [0.3, 0.4) is 0 Å². The summed E-state index contributed by atoms with van der Waals surface area (Å²) < 4.78 is 0. The summed E-state index contributed by atoms with van der Waals surface area (Å²) in [5.41, 5.74) is 3.72. The highest BCUT2D eigenvalue weighted by atomic mass is 16.6. The van der Waals surface area contributed by atoms with E-state index in [1.807, 2.05) is 32.9 Å². The van der Waals surface area contributed by atoms with Crippen LogP contribution in [0.25, 0.3) is 0 Å². The molecule has 1 aromatic rings. The molecule has 0 saturated carbocycles. The number of nitrogens with one attached hydrogen (secondary N) is 2. The zero-order chi connectivity index (χ0) is 15.1. The Labute approximate surface area is 119 Å². The molecular formula is C15H22N2O3. The summed E-state index contributed by atoms with van der Waals surface area (Å²) in [7, 11) is 1.37. The lowest BCUT2D eigenvalue weighted by Gasteiger charge is -2.19. The molecule has 0 aromatic heterocycles. The summed E-state index contributed by atoms with van der Waals surface area (Å²) in [6, 6.07) is 6.67. The Morgan fingerprint density at radius 3 is 2.45 bits per heavy atom. The summed E-state index contributed by atoms with van der Waals surface area (Å²) in [4.78, 5) is 28.7. The molecule has 0 radical (unpaired) electrons. The maximum absolute atomic E-state index is 12.2. The van der Waals surface area contributed by atoms with Crippen molar-refractivity contribution in [2.45, 2.75) is 33.2 Å². The van der Waals surface area contributed by atoms with Crippen LogP contribution in [0.2, 0.25) is 0 Å². The lowest BCUT2D eigenvalue weighted by Crippen LogP contribution is -2.47. The van der Waals surface area contributed by atoms with E-state index in [4.69, 9.17) is 0 Å².